The quantitative estimate of drug-likeness (QED) is 0.701. The molecule has 0 aliphatic rings. The molecule has 1 atom stereocenters. The molecule has 0 aliphatic carbocycles. The van der Waals surface area contributed by atoms with Crippen LogP contribution in [0.4, 0.5) is 0 Å². The molecule has 0 radical (unpaired) electrons. The van der Waals surface area contributed by atoms with E-state index in [2.05, 4.69) is 51.4 Å². The van der Waals surface area contributed by atoms with Crippen LogP contribution < -0.4 is 4.74 Å². The smallest absolute Gasteiger partial charge is 0.147 e. The molecule has 0 saturated heterocycles. The zero-order chi connectivity index (χ0) is 12.0. The van der Waals surface area contributed by atoms with Crippen molar-refractivity contribution >= 4 is 44.5 Å². The second kappa shape index (κ2) is 7.62. The molecule has 0 fully saturated rings. The third-order valence-corrected chi connectivity index (χ3v) is 3.90. The largest absolute Gasteiger partial charge is 0.491 e. The van der Waals surface area contributed by atoms with E-state index in [4.69, 9.17) is 4.74 Å². The van der Waals surface area contributed by atoms with E-state index in [-0.39, 0.29) is 0 Å². The molecule has 0 amide bonds. The Hall–Kier alpha value is 0.330. The average Bonchev–Trinajstić information content (AvgIpc) is 2.23. The number of para-hydroxylation sites is 1. The summed E-state index contributed by atoms with van der Waals surface area (Å²) in [4.78, 5) is 0. The van der Waals surface area contributed by atoms with Crippen molar-refractivity contribution in [1.29, 1.82) is 0 Å². The van der Waals surface area contributed by atoms with Gasteiger partial charge in [0, 0.05) is 0 Å². The van der Waals surface area contributed by atoms with Gasteiger partial charge < -0.3 is 4.74 Å². The summed E-state index contributed by atoms with van der Waals surface area (Å²) < 4.78 is 7.74. The van der Waals surface area contributed by atoms with Crippen LogP contribution >= 0.6 is 44.5 Å². The first-order chi connectivity index (χ1) is 7.65. The van der Waals surface area contributed by atoms with Crippen molar-refractivity contribution in [3.05, 3.63) is 27.1 Å². The van der Waals surface area contributed by atoms with Crippen LogP contribution in [0.1, 0.15) is 19.8 Å². The molecule has 1 nitrogen and oxygen atoms in total. The van der Waals surface area contributed by atoms with Gasteiger partial charge in [0.1, 0.15) is 5.75 Å². The fourth-order valence-corrected chi connectivity index (χ4v) is 3.02. The van der Waals surface area contributed by atoms with Crippen molar-refractivity contribution in [1.82, 2.24) is 0 Å². The summed E-state index contributed by atoms with van der Waals surface area (Å²) in [5.74, 6) is 2.50. The lowest BCUT2D eigenvalue weighted by molar-refractivity contribution is 0.279. The summed E-state index contributed by atoms with van der Waals surface area (Å²) in [6, 6.07) is 5.94. The molecule has 0 bridgehead atoms. The Labute approximate surface area is 120 Å². The molecule has 90 valence electrons. The van der Waals surface area contributed by atoms with Gasteiger partial charge in [0.25, 0.3) is 0 Å². The molecule has 1 rings (SSSR count). The molecule has 16 heavy (non-hydrogen) atoms. The van der Waals surface area contributed by atoms with E-state index < -0.39 is 0 Å². The van der Waals surface area contributed by atoms with Crippen molar-refractivity contribution in [2.75, 3.05) is 12.4 Å². The summed E-state index contributed by atoms with van der Waals surface area (Å²) >= 11 is 11.2. The zero-order valence-electron chi connectivity index (χ0n) is 9.25. The van der Waals surface area contributed by atoms with Crippen molar-refractivity contribution in [2.45, 2.75) is 19.8 Å². The molecule has 1 aromatic carbocycles. The maximum absolute atomic E-state index is 5.77. The van der Waals surface area contributed by atoms with Crippen LogP contribution in [-0.4, -0.2) is 12.4 Å². The normalized spacial score (nSPS) is 12.5. The minimum Gasteiger partial charge on any atom is -0.491 e. The molecule has 0 aromatic heterocycles. The number of ether oxygens (including phenoxy) is 1. The lowest BCUT2D eigenvalue weighted by Gasteiger charge is -2.13. The predicted octanol–water partition coefficient (Wildman–Crippen LogP) is 4.94. The third-order valence-electron chi connectivity index (χ3n) is 2.40. The Morgan fingerprint density at radius 2 is 1.88 bits per heavy atom. The van der Waals surface area contributed by atoms with Gasteiger partial charge in [-0.25, -0.2) is 0 Å². The van der Waals surface area contributed by atoms with Crippen molar-refractivity contribution in [2.24, 2.45) is 5.92 Å². The fraction of sp³-hybridized carbons (Fsp3) is 0.500. The molecule has 0 N–H and O–H groups in total. The molecule has 1 unspecified atom stereocenters. The van der Waals surface area contributed by atoms with Gasteiger partial charge in [0.2, 0.25) is 0 Å². The molecular weight excluding hydrogens is 352 g/mol. The minimum absolute atomic E-state index is 0.666. The standard InChI is InChI=1S/C12H16Br2OS/c1-9(6-8-16)5-7-15-12-10(13)3-2-4-11(12)14/h2-4,9,16H,5-8H2,1H3. The monoisotopic (exact) mass is 366 g/mol. The highest BCUT2D eigenvalue weighted by atomic mass is 79.9. The van der Waals surface area contributed by atoms with Crippen molar-refractivity contribution in [3.8, 4) is 5.75 Å². The molecular formula is C12H16Br2OS. The Morgan fingerprint density at radius 1 is 1.25 bits per heavy atom. The topological polar surface area (TPSA) is 9.23 Å². The van der Waals surface area contributed by atoms with Gasteiger partial charge in [-0.2, -0.15) is 12.6 Å². The number of halogens is 2. The van der Waals surface area contributed by atoms with E-state index >= 15 is 0 Å². The maximum atomic E-state index is 5.77. The highest BCUT2D eigenvalue weighted by molar-refractivity contribution is 9.11. The van der Waals surface area contributed by atoms with Gasteiger partial charge in [-0.05, 0) is 68.5 Å². The van der Waals surface area contributed by atoms with Gasteiger partial charge >= 0.3 is 0 Å². The Morgan fingerprint density at radius 3 is 2.44 bits per heavy atom. The number of benzene rings is 1. The van der Waals surface area contributed by atoms with Gasteiger partial charge in [-0.1, -0.05) is 13.0 Å². The van der Waals surface area contributed by atoms with Crippen LogP contribution in [0.2, 0.25) is 0 Å². The molecule has 0 spiro atoms. The van der Waals surface area contributed by atoms with Crippen LogP contribution in [0.5, 0.6) is 5.75 Å². The van der Waals surface area contributed by atoms with Gasteiger partial charge in [-0.3, -0.25) is 0 Å². The predicted molar refractivity (Wildman–Crippen MR) is 79.6 cm³/mol. The Balaban J connectivity index is 2.43. The number of hydrogen-bond acceptors (Lipinski definition) is 2. The Kier molecular flexibility index (Phi) is 6.85. The van der Waals surface area contributed by atoms with Crippen molar-refractivity contribution < 1.29 is 4.74 Å². The van der Waals surface area contributed by atoms with Gasteiger partial charge in [0.05, 0.1) is 15.6 Å². The lowest BCUT2D eigenvalue weighted by Crippen LogP contribution is -2.05. The number of thiol groups is 1. The van der Waals surface area contributed by atoms with Crippen molar-refractivity contribution in [3.63, 3.8) is 0 Å². The fourth-order valence-electron chi connectivity index (χ4n) is 1.35. The zero-order valence-corrected chi connectivity index (χ0v) is 13.3. The van der Waals surface area contributed by atoms with Crippen LogP contribution in [0.15, 0.2) is 27.1 Å². The van der Waals surface area contributed by atoms with E-state index in [1.54, 1.807) is 0 Å². The van der Waals surface area contributed by atoms with E-state index in [0.29, 0.717) is 5.92 Å². The molecule has 1 aromatic rings. The summed E-state index contributed by atoms with van der Waals surface area (Å²) in [7, 11) is 0. The maximum Gasteiger partial charge on any atom is 0.147 e. The molecule has 0 aliphatic heterocycles. The average molecular weight is 368 g/mol. The highest BCUT2D eigenvalue weighted by Crippen LogP contribution is 2.33. The van der Waals surface area contributed by atoms with E-state index in [1.165, 1.54) is 0 Å². The number of rotatable bonds is 6. The second-order valence-corrected chi connectivity index (χ2v) is 5.96. The summed E-state index contributed by atoms with van der Waals surface area (Å²) in [6.45, 7) is 2.98. The first-order valence-electron chi connectivity index (χ1n) is 5.32. The molecule has 0 heterocycles. The molecule has 0 saturated carbocycles. The first-order valence-corrected chi connectivity index (χ1v) is 7.54. The van der Waals surface area contributed by atoms with Crippen LogP contribution in [0.25, 0.3) is 0 Å². The van der Waals surface area contributed by atoms with Gasteiger partial charge in [0.15, 0.2) is 0 Å². The van der Waals surface area contributed by atoms with Crippen LogP contribution in [0.3, 0.4) is 0 Å². The summed E-state index contributed by atoms with van der Waals surface area (Å²) in [6.07, 6.45) is 2.21. The number of hydrogen-bond donors (Lipinski definition) is 1. The SMILES string of the molecule is CC(CCS)CCOc1c(Br)cccc1Br. The summed E-state index contributed by atoms with van der Waals surface area (Å²) in [5, 5.41) is 0. The third kappa shape index (κ3) is 4.68. The van der Waals surface area contributed by atoms with Crippen LogP contribution in [0, 0.1) is 5.92 Å². The summed E-state index contributed by atoms with van der Waals surface area (Å²) in [5.41, 5.74) is 0. The van der Waals surface area contributed by atoms with E-state index in [1.807, 2.05) is 18.2 Å². The highest BCUT2D eigenvalue weighted by Gasteiger charge is 2.07. The molecule has 4 heteroatoms. The second-order valence-electron chi connectivity index (χ2n) is 3.81. The minimum atomic E-state index is 0.666. The van der Waals surface area contributed by atoms with Gasteiger partial charge in [-0.15, -0.1) is 0 Å². The first kappa shape index (κ1) is 14.4. The van der Waals surface area contributed by atoms with E-state index in [9.17, 15) is 0 Å². The lowest BCUT2D eigenvalue weighted by atomic mass is 10.1. The Bertz CT molecular complexity index is 311. The van der Waals surface area contributed by atoms with E-state index in [0.717, 1.165) is 39.9 Å². The van der Waals surface area contributed by atoms with Crippen LogP contribution in [-0.2, 0) is 0 Å².